The van der Waals surface area contributed by atoms with E-state index in [1.165, 1.54) is 41.4 Å². The Hall–Kier alpha value is -4.33. The van der Waals surface area contributed by atoms with Gasteiger partial charge in [0, 0.05) is 25.9 Å². The van der Waals surface area contributed by atoms with Crippen LogP contribution in [-0.4, -0.2) is 33.7 Å². The molecule has 1 amide bonds. The number of nitrogens with zero attached hydrogens (tertiary/aromatic N) is 3. The summed E-state index contributed by atoms with van der Waals surface area (Å²) in [4.78, 5) is 41.8. The van der Waals surface area contributed by atoms with Crippen molar-refractivity contribution in [1.82, 2.24) is 24.3 Å². The molecule has 12 nitrogen and oxygen atoms in total. The van der Waals surface area contributed by atoms with Crippen LogP contribution < -0.4 is 26.2 Å². The van der Waals surface area contributed by atoms with Gasteiger partial charge in [-0.05, 0) is 67.8 Å². The van der Waals surface area contributed by atoms with E-state index < -0.39 is 33.3 Å². The maximum atomic E-state index is 13.4. The predicted molar refractivity (Wildman–Crippen MR) is 142 cm³/mol. The molecular formula is C26H27N5O7S. The minimum atomic E-state index is -4.20. The lowest BCUT2D eigenvalue weighted by Crippen LogP contribution is -2.47. The number of aryl methyl sites for hydroxylation is 1. The first-order chi connectivity index (χ1) is 18.7. The van der Waals surface area contributed by atoms with Crippen LogP contribution in [0.25, 0.3) is 10.9 Å². The number of rotatable bonds is 11. The zero-order chi connectivity index (χ0) is 28.0. The SMILES string of the molecule is Cn1c(=O)n(C(CCCCC(=O)NO)NS(=O)(=O)c2ccc(Oc3ccncc3)cc2)c(=O)c2ccccc21. The quantitative estimate of drug-likeness (QED) is 0.145. The van der Waals surface area contributed by atoms with Gasteiger partial charge >= 0.3 is 5.69 Å². The number of hydroxylamine groups is 1. The van der Waals surface area contributed by atoms with Crippen LogP contribution in [0.2, 0.25) is 0 Å². The van der Waals surface area contributed by atoms with E-state index in [1.54, 1.807) is 48.8 Å². The van der Waals surface area contributed by atoms with Crippen LogP contribution in [0.5, 0.6) is 11.5 Å². The molecule has 0 fully saturated rings. The molecule has 2 aromatic carbocycles. The van der Waals surface area contributed by atoms with Crippen molar-refractivity contribution >= 4 is 26.8 Å². The number of hydrogen-bond donors (Lipinski definition) is 3. The molecule has 0 aliphatic heterocycles. The molecular weight excluding hydrogens is 526 g/mol. The minimum Gasteiger partial charge on any atom is -0.457 e. The van der Waals surface area contributed by atoms with Gasteiger partial charge in [0.15, 0.2) is 0 Å². The van der Waals surface area contributed by atoms with E-state index in [0.29, 0.717) is 17.0 Å². The molecule has 0 radical (unpaired) electrons. The number of carbonyl (C=O) groups excluding carboxylic acids is 1. The van der Waals surface area contributed by atoms with Crippen molar-refractivity contribution in [2.24, 2.45) is 7.05 Å². The summed E-state index contributed by atoms with van der Waals surface area (Å²) in [5.41, 5.74) is 0.613. The van der Waals surface area contributed by atoms with Crippen LogP contribution in [0.1, 0.15) is 31.8 Å². The molecule has 204 valence electrons. The van der Waals surface area contributed by atoms with E-state index in [1.807, 2.05) is 0 Å². The molecule has 1 unspecified atom stereocenters. The van der Waals surface area contributed by atoms with E-state index in [4.69, 9.17) is 9.94 Å². The van der Waals surface area contributed by atoms with Crippen molar-refractivity contribution in [3.05, 3.63) is 93.9 Å². The Kier molecular flexibility index (Phi) is 8.54. The molecule has 0 aliphatic carbocycles. The first kappa shape index (κ1) is 27.7. The number of unbranched alkanes of at least 4 members (excludes halogenated alkanes) is 1. The highest BCUT2D eigenvalue weighted by Gasteiger charge is 2.25. The Morgan fingerprint density at radius 3 is 2.36 bits per heavy atom. The number of carbonyl (C=O) groups is 1. The van der Waals surface area contributed by atoms with E-state index in [-0.39, 0.29) is 36.0 Å². The summed E-state index contributed by atoms with van der Waals surface area (Å²) in [6, 6.07) is 15.5. The monoisotopic (exact) mass is 553 g/mol. The van der Waals surface area contributed by atoms with Crippen LogP contribution in [0.3, 0.4) is 0 Å². The van der Waals surface area contributed by atoms with Crippen molar-refractivity contribution < 1.29 is 23.2 Å². The number of sulfonamides is 1. The molecule has 13 heteroatoms. The fourth-order valence-corrected chi connectivity index (χ4v) is 5.31. The summed E-state index contributed by atoms with van der Waals surface area (Å²) >= 11 is 0. The van der Waals surface area contributed by atoms with Crippen LogP contribution in [-0.2, 0) is 21.9 Å². The topological polar surface area (TPSA) is 162 Å². The molecule has 2 heterocycles. The summed E-state index contributed by atoms with van der Waals surface area (Å²) in [5.74, 6) is 0.332. The maximum Gasteiger partial charge on any atom is 0.332 e. The van der Waals surface area contributed by atoms with E-state index in [9.17, 15) is 22.8 Å². The fourth-order valence-electron chi connectivity index (χ4n) is 4.10. The first-order valence-corrected chi connectivity index (χ1v) is 13.5. The molecule has 1 atom stereocenters. The molecule has 2 aromatic heterocycles. The van der Waals surface area contributed by atoms with Crippen molar-refractivity contribution in [2.75, 3.05) is 0 Å². The fraction of sp³-hybridized carbons (Fsp3) is 0.231. The van der Waals surface area contributed by atoms with Gasteiger partial charge in [0.05, 0.1) is 15.8 Å². The second-order valence-corrected chi connectivity index (χ2v) is 10.4. The number of benzene rings is 2. The lowest BCUT2D eigenvalue weighted by atomic mass is 10.1. The molecule has 39 heavy (non-hydrogen) atoms. The largest absolute Gasteiger partial charge is 0.457 e. The molecule has 0 aliphatic rings. The number of fused-ring (bicyclic) bond motifs is 1. The van der Waals surface area contributed by atoms with Gasteiger partial charge in [-0.3, -0.25) is 24.3 Å². The summed E-state index contributed by atoms with van der Waals surface area (Å²) in [5, 5.41) is 8.96. The predicted octanol–water partition coefficient (Wildman–Crippen LogP) is 2.43. The van der Waals surface area contributed by atoms with Gasteiger partial charge in [-0.1, -0.05) is 12.1 Å². The lowest BCUT2D eigenvalue weighted by molar-refractivity contribution is -0.129. The van der Waals surface area contributed by atoms with Crippen LogP contribution >= 0.6 is 0 Å². The third kappa shape index (κ3) is 6.39. The van der Waals surface area contributed by atoms with Crippen molar-refractivity contribution in [3.8, 4) is 11.5 Å². The van der Waals surface area contributed by atoms with Crippen LogP contribution in [0.15, 0.2) is 87.5 Å². The Morgan fingerprint density at radius 1 is 1.00 bits per heavy atom. The summed E-state index contributed by atoms with van der Waals surface area (Å²) in [6.07, 6.45) is 2.47. The van der Waals surface area contributed by atoms with Crippen LogP contribution in [0, 0.1) is 0 Å². The first-order valence-electron chi connectivity index (χ1n) is 12.0. The number of amides is 1. The van der Waals surface area contributed by atoms with Crippen molar-refractivity contribution in [3.63, 3.8) is 0 Å². The second-order valence-electron chi connectivity index (χ2n) is 8.71. The van der Waals surface area contributed by atoms with Gasteiger partial charge in [0.25, 0.3) is 5.56 Å². The normalized spacial score (nSPS) is 12.3. The molecule has 4 rings (SSSR count). The molecule has 0 saturated heterocycles. The standard InChI is InChI=1S/C26H27N5O7S/c1-30-22-7-3-2-6-21(22)25(33)31(26(30)34)23(8-4-5-9-24(32)28-35)29-39(36,37)20-12-10-18(11-13-20)38-19-14-16-27-17-15-19/h2-3,6-7,10-17,23,29,35H,4-5,8-9H2,1H3,(H,28,32). The highest BCUT2D eigenvalue weighted by atomic mass is 32.2. The number of aromatic nitrogens is 3. The average Bonchev–Trinajstić information content (AvgIpc) is 2.94. The third-order valence-electron chi connectivity index (χ3n) is 6.09. The lowest BCUT2D eigenvalue weighted by Gasteiger charge is -2.22. The van der Waals surface area contributed by atoms with E-state index in [0.717, 1.165) is 4.57 Å². The third-order valence-corrected chi connectivity index (χ3v) is 7.56. The molecule has 0 bridgehead atoms. The number of nitrogens with one attached hydrogen (secondary N) is 2. The smallest absolute Gasteiger partial charge is 0.332 e. The van der Waals surface area contributed by atoms with E-state index in [2.05, 4.69) is 9.71 Å². The van der Waals surface area contributed by atoms with Crippen molar-refractivity contribution in [1.29, 1.82) is 0 Å². The highest BCUT2D eigenvalue weighted by Crippen LogP contribution is 2.23. The van der Waals surface area contributed by atoms with Gasteiger partial charge in [0.2, 0.25) is 15.9 Å². The van der Waals surface area contributed by atoms with Gasteiger partial charge in [-0.2, -0.15) is 4.72 Å². The van der Waals surface area contributed by atoms with Crippen molar-refractivity contribution in [2.45, 2.75) is 36.7 Å². The number of pyridine rings is 1. The molecule has 0 saturated carbocycles. The van der Waals surface area contributed by atoms with Gasteiger partial charge in [-0.25, -0.2) is 23.3 Å². The van der Waals surface area contributed by atoms with Gasteiger partial charge in [0.1, 0.15) is 17.7 Å². The zero-order valence-electron chi connectivity index (χ0n) is 21.0. The number of para-hydroxylation sites is 1. The maximum absolute atomic E-state index is 13.4. The summed E-state index contributed by atoms with van der Waals surface area (Å²) < 4.78 is 37.1. The number of ether oxygens (including phenoxy) is 1. The van der Waals surface area contributed by atoms with E-state index >= 15 is 0 Å². The highest BCUT2D eigenvalue weighted by molar-refractivity contribution is 7.89. The van der Waals surface area contributed by atoms with Crippen LogP contribution in [0.4, 0.5) is 0 Å². The Bertz CT molecular complexity index is 1680. The number of hydrogen-bond acceptors (Lipinski definition) is 8. The molecule has 3 N–H and O–H groups in total. The van der Waals surface area contributed by atoms with Gasteiger partial charge in [-0.15, -0.1) is 0 Å². The summed E-state index contributed by atoms with van der Waals surface area (Å²) in [7, 11) is -2.70. The average molecular weight is 554 g/mol. The summed E-state index contributed by atoms with van der Waals surface area (Å²) in [6.45, 7) is 0. The molecule has 0 spiro atoms. The zero-order valence-corrected chi connectivity index (χ0v) is 21.8. The minimum absolute atomic E-state index is 0.0143. The Balaban J connectivity index is 1.65. The Labute approximate surface area is 223 Å². The Morgan fingerprint density at radius 2 is 1.67 bits per heavy atom. The second kappa shape index (κ2) is 12.0. The molecule has 4 aromatic rings. The van der Waals surface area contributed by atoms with Gasteiger partial charge < -0.3 is 4.74 Å².